The fourth-order valence-electron chi connectivity index (χ4n) is 1.95. The molecular weight excluding hydrogens is 250 g/mol. The first-order chi connectivity index (χ1) is 9.70. The minimum absolute atomic E-state index is 0.863. The molecule has 0 radical (unpaired) electrons. The molecule has 0 aliphatic rings. The highest BCUT2D eigenvalue weighted by molar-refractivity contribution is 5.60. The first-order valence-corrected chi connectivity index (χ1v) is 6.68. The third-order valence-corrected chi connectivity index (χ3v) is 3.08. The number of likely N-dealkylation sites (N-methyl/N-ethyl adjacent to an activating group) is 1. The molecule has 0 aliphatic carbocycles. The highest BCUT2D eigenvalue weighted by Gasteiger charge is 2.10. The third kappa shape index (κ3) is 3.71. The predicted octanol–water partition coefficient (Wildman–Crippen LogP) is 2.79. The standard InChI is InChI=1S/C16H21N3O/c1-18(2)12-13-19(16-6-4-5-11-17-16)14-7-9-15(20-3)10-8-14/h4-11H,12-13H2,1-3H3. The maximum atomic E-state index is 5.21. The number of pyridine rings is 1. The Morgan fingerprint density at radius 3 is 2.30 bits per heavy atom. The molecule has 0 fully saturated rings. The van der Waals surface area contributed by atoms with E-state index >= 15 is 0 Å². The molecule has 0 atom stereocenters. The number of ether oxygens (including phenoxy) is 1. The summed E-state index contributed by atoms with van der Waals surface area (Å²) < 4.78 is 5.21. The Hall–Kier alpha value is -2.07. The van der Waals surface area contributed by atoms with E-state index in [4.69, 9.17) is 4.74 Å². The number of anilines is 2. The van der Waals surface area contributed by atoms with Crippen molar-refractivity contribution < 1.29 is 4.74 Å². The molecule has 106 valence electrons. The molecule has 1 aromatic heterocycles. The normalized spacial score (nSPS) is 10.6. The Morgan fingerprint density at radius 1 is 1.00 bits per heavy atom. The van der Waals surface area contributed by atoms with Crippen molar-refractivity contribution in [3.05, 3.63) is 48.7 Å². The van der Waals surface area contributed by atoms with Crippen LogP contribution >= 0.6 is 0 Å². The quantitative estimate of drug-likeness (QED) is 0.808. The second kappa shape index (κ2) is 6.91. The van der Waals surface area contributed by atoms with Crippen LogP contribution in [-0.4, -0.2) is 44.2 Å². The molecule has 0 amide bonds. The minimum atomic E-state index is 0.863. The van der Waals surface area contributed by atoms with Gasteiger partial charge in [0.05, 0.1) is 7.11 Å². The van der Waals surface area contributed by atoms with Crippen molar-refractivity contribution in [2.45, 2.75) is 0 Å². The van der Waals surface area contributed by atoms with E-state index in [0.29, 0.717) is 0 Å². The molecule has 1 heterocycles. The van der Waals surface area contributed by atoms with Crippen molar-refractivity contribution in [2.75, 3.05) is 39.2 Å². The molecule has 20 heavy (non-hydrogen) atoms. The average molecular weight is 271 g/mol. The summed E-state index contributed by atoms with van der Waals surface area (Å²) in [4.78, 5) is 8.83. The highest BCUT2D eigenvalue weighted by atomic mass is 16.5. The Morgan fingerprint density at radius 2 is 1.75 bits per heavy atom. The van der Waals surface area contributed by atoms with Gasteiger partial charge in [-0.1, -0.05) is 6.07 Å². The number of rotatable bonds is 6. The van der Waals surface area contributed by atoms with Crippen molar-refractivity contribution in [3.8, 4) is 5.75 Å². The van der Waals surface area contributed by atoms with Gasteiger partial charge in [0.1, 0.15) is 11.6 Å². The summed E-state index contributed by atoms with van der Waals surface area (Å²) in [5.74, 6) is 1.82. The van der Waals surface area contributed by atoms with Gasteiger partial charge < -0.3 is 14.5 Å². The SMILES string of the molecule is COc1ccc(N(CCN(C)C)c2ccccn2)cc1. The van der Waals surface area contributed by atoms with Crippen LogP contribution in [0.25, 0.3) is 0 Å². The summed E-state index contributed by atoms with van der Waals surface area (Å²) in [7, 11) is 5.83. The van der Waals surface area contributed by atoms with Crippen LogP contribution in [0.2, 0.25) is 0 Å². The zero-order chi connectivity index (χ0) is 14.4. The first-order valence-electron chi connectivity index (χ1n) is 6.68. The number of nitrogens with zero attached hydrogens (tertiary/aromatic N) is 3. The zero-order valence-corrected chi connectivity index (χ0v) is 12.3. The van der Waals surface area contributed by atoms with Gasteiger partial charge in [-0.25, -0.2) is 4.98 Å². The van der Waals surface area contributed by atoms with Gasteiger partial charge in [-0.2, -0.15) is 0 Å². The number of aromatic nitrogens is 1. The summed E-state index contributed by atoms with van der Waals surface area (Å²) in [6, 6.07) is 14.0. The summed E-state index contributed by atoms with van der Waals surface area (Å²) in [6.07, 6.45) is 1.82. The Kier molecular flexibility index (Phi) is 4.96. The van der Waals surface area contributed by atoms with Crippen molar-refractivity contribution in [1.29, 1.82) is 0 Å². The molecule has 0 unspecified atom stereocenters. The van der Waals surface area contributed by atoms with E-state index in [-0.39, 0.29) is 0 Å². The second-order valence-corrected chi connectivity index (χ2v) is 4.84. The topological polar surface area (TPSA) is 28.6 Å². The number of hydrogen-bond donors (Lipinski definition) is 0. The van der Waals surface area contributed by atoms with Gasteiger partial charge >= 0.3 is 0 Å². The Labute approximate surface area is 120 Å². The second-order valence-electron chi connectivity index (χ2n) is 4.84. The molecule has 0 bridgehead atoms. The van der Waals surface area contributed by atoms with Crippen molar-refractivity contribution in [1.82, 2.24) is 9.88 Å². The van der Waals surface area contributed by atoms with E-state index in [1.165, 1.54) is 0 Å². The van der Waals surface area contributed by atoms with Crippen LogP contribution in [0.15, 0.2) is 48.7 Å². The van der Waals surface area contributed by atoms with Crippen LogP contribution in [-0.2, 0) is 0 Å². The van der Waals surface area contributed by atoms with Crippen LogP contribution in [0.3, 0.4) is 0 Å². The Bertz CT molecular complexity index is 511. The van der Waals surface area contributed by atoms with Crippen LogP contribution < -0.4 is 9.64 Å². The summed E-state index contributed by atoms with van der Waals surface area (Å²) in [6.45, 7) is 1.85. The van der Waals surface area contributed by atoms with Crippen LogP contribution in [0.5, 0.6) is 5.75 Å². The number of hydrogen-bond acceptors (Lipinski definition) is 4. The molecule has 4 heteroatoms. The predicted molar refractivity (Wildman–Crippen MR) is 82.8 cm³/mol. The van der Waals surface area contributed by atoms with Gasteiger partial charge in [0, 0.05) is 25.0 Å². The zero-order valence-electron chi connectivity index (χ0n) is 12.3. The van der Waals surface area contributed by atoms with E-state index < -0.39 is 0 Å². The molecule has 0 aliphatic heterocycles. The lowest BCUT2D eigenvalue weighted by atomic mass is 10.2. The van der Waals surface area contributed by atoms with Crippen LogP contribution in [0.4, 0.5) is 11.5 Å². The average Bonchev–Trinajstić information content (AvgIpc) is 2.49. The van der Waals surface area contributed by atoms with E-state index in [1.54, 1.807) is 7.11 Å². The lowest BCUT2D eigenvalue weighted by Crippen LogP contribution is -2.28. The molecule has 0 spiro atoms. The van der Waals surface area contributed by atoms with Crippen LogP contribution in [0.1, 0.15) is 0 Å². The number of methoxy groups -OCH3 is 1. The molecule has 0 saturated carbocycles. The lowest BCUT2D eigenvalue weighted by Gasteiger charge is -2.25. The highest BCUT2D eigenvalue weighted by Crippen LogP contribution is 2.25. The van der Waals surface area contributed by atoms with E-state index in [2.05, 4.69) is 41.0 Å². The van der Waals surface area contributed by atoms with Gasteiger partial charge in [-0.05, 0) is 50.5 Å². The molecule has 0 saturated heterocycles. The van der Waals surface area contributed by atoms with Crippen LogP contribution in [0, 0.1) is 0 Å². The van der Waals surface area contributed by atoms with Gasteiger partial charge in [0.25, 0.3) is 0 Å². The van der Waals surface area contributed by atoms with E-state index in [1.807, 2.05) is 36.5 Å². The maximum Gasteiger partial charge on any atom is 0.132 e. The fraction of sp³-hybridized carbons (Fsp3) is 0.312. The Balaban J connectivity index is 2.25. The van der Waals surface area contributed by atoms with Gasteiger partial charge in [0.2, 0.25) is 0 Å². The van der Waals surface area contributed by atoms with Gasteiger partial charge in [-0.15, -0.1) is 0 Å². The largest absolute Gasteiger partial charge is 0.497 e. The summed E-state index contributed by atoms with van der Waals surface area (Å²) in [5.41, 5.74) is 1.12. The molecule has 4 nitrogen and oxygen atoms in total. The van der Waals surface area contributed by atoms with Crippen molar-refractivity contribution in [2.24, 2.45) is 0 Å². The monoisotopic (exact) mass is 271 g/mol. The smallest absolute Gasteiger partial charge is 0.132 e. The lowest BCUT2D eigenvalue weighted by molar-refractivity contribution is 0.414. The first kappa shape index (κ1) is 14.3. The van der Waals surface area contributed by atoms with E-state index in [0.717, 1.165) is 30.3 Å². The minimum Gasteiger partial charge on any atom is -0.497 e. The van der Waals surface area contributed by atoms with Crippen molar-refractivity contribution in [3.63, 3.8) is 0 Å². The summed E-state index contributed by atoms with van der Waals surface area (Å²) >= 11 is 0. The van der Waals surface area contributed by atoms with Gasteiger partial charge in [0.15, 0.2) is 0 Å². The molecule has 2 aromatic rings. The maximum absolute atomic E-state index is 5.21. The summed E-state index contributed by atoms with van der Waals surface area (Å²) in [5, 5.41) is 0. The molecular formula is C16H21N3O. The van der Waals surface area contributed by atoms with Crippen molar-refractivity contribution >= 4 is 11.5 Å². The molecule has 1 aromatic carbocycles. The molecule has 0 N–H and O–H groups in total. The molecule has 2 rings (SSSR count). The number of benzene rings is 1. The fourth-order valence-corrected chi connectivity index (χ4v) is 1.95. The van der Waals surface area contributed by atoms with Gasteiger partial charge in [-0.3, -0.25) is 0 Å². The third-order valence-electron chi connectivity index (χ3n) is 3.08. The van der Waals surface area contributed by atoms with E-state index in [9.17, 15) is 0 Å².